The van der Waals surface area contributed by atoms with E-state index in [4.69, 9.17) is 4.74 Å². The van der Waals surface area contributed by atoms with Crippen molar-refractivity contribution in [2.24, 2.45) is 0 Å². The topological polar surface area (TPSA) is 61.9 Å². The zero-order chi connectivity index (χ0) is 14.0. The van der Waals surface area contributed by atoms with Crippen molar-refractivity contribution in [1.82, 2.24) is 13.9 Å². The van der Waals surface area contributed by atoms with Crippen LogP contribution in [0.5, 0.6) is 0 Å². The number of hydrogen-bond donors (Lipinski definition) is 1. The Hall–Kier alpha value is -0.470. The largest absolute Gasteiger partial charge is 0.383 e. The van der Waals surface area contributed by atoms with Crippen molar-refractivity contribution in [3.63, 3.8) is 0 Å². The van der Waals surface area contributed by atoms with Gasteiger partial charge in [0.15, 0.2) is 0 Å². The molecule has 0 aromatic heterocycles. The summed E-state index contributed by atoms with van der Waals surface area (Å²) in [5.74, 6) is 0. The van der Waals surface area contributed by atoms with Gasteiger partial charge in [0.25, 0.3) is 10.2 Å². The fraction of sp³-hybridized carbons (Fsp3) is 0.818. The number of nitrogens with one attached hydrogen (secondary N) is 1. The van der Waals surface area contributed by atoms with E-state index in [0.29, 0.717) is 26.2 Å². The van der Waals surface area contributed by atoms with E-state index >= 15 is 0 Å². The standard InChI is InChI=1S/C11H25N3O3S/c1-5-8-14(10-11-17-4)18(15,16)13(3)9-6-7-12-2/h5,12H,1,6-11H2,2-4H3. The van der Waals surface area contributed by atoms with Crippen LogP contribution in [0.3, 0.4) is 0 Å². The first-order valence-electron chi connectivity index (χ1n) is 5.96. The molecular formula is C11H25N3O3S. The van der Waals surface area contributed by atoms with Gasteiger partial charge in [-0.25, -0.2) is 0 Å². The lowest BCUT2D eigenvalue weighted by Crippen LogP contribution is -2.44. The Labute approximate surface area is 111 Å². The van der Waals surface area contributed by atoms with Crippen molar-refractivity contribution in [3.8, 4) is 0 Å². The van der Waals surface area contributed by atoms with Crippen LogP contribution in [0.4, 0.5) is 0 Å². The Balaban J connectivity index is 4.55. The van der Waals surface area contributed by atoms with Crippen LogP contribution >= 0.6 is 0 Å². The van der Waals surface area contributed by atoms with Crippen LogP contribution in [0.15, 0.2) is 12.7 Å². The molecular weight excluding hydrogens is 254 g/mol. The van der Waals surface area contributed by atoms with E-state index in [2.05, 4.69) is 11.9 Å². The molecule has 108 valence electrons. The van der Waals surface area contributed by atoms with Gasteiger partial charge >= 0.3 is 0 Å². The molecule has 1 N–H and O–H groups in total. The van der Waals surface area contributed by atoms with Gasteiger partial charge in [0, 0.05) is 33.8 Å². The van der Waals surface area contributed by atoms with Crippen LogP contribution in [0.2, 0.25) is 0 Å². The number of hydrogen-bond acceptors (Lipinski definition) is 4. The van der Waals surface area contributed by atoms with Gasteiger partial charge in [0.1, 0.15) is 0 Å². The quantitative estimate of drug-likeness (QED) is 0.424. The molecule has 0 aromatic carbocycles. The smallest absolute Gasteiger partial charge is 0.282 e. The predicted molar refractivity (Wildman–Crippen MR) is 73.7 cm³/mol. The SMILES string of the molecule is C=CCN(CCOC)S(=O)(=O)N(C)CCCNC. The molecule has 0 fully saturated rings. The highest BCUT2D eigenvalue weighted by Crippen LogP contribution is 2.07. The number of nitrogens with zero attached hydrogens (tertiary/aromatic N) is 2. The first-order chi connectivity index (χ1) is 8.50. The maximum absolute atomic E-state index is 12.2. The maximum atomic E-state index is 12.2. The van der Waals surface area contributed by atoms with Gasteiger partial charge in [-0.3, -0.25) is 0 Å². The lowest BCUT2D eigenvalue weighted by atomic mass is 10.4. The van der Waals surface area contributed by atoms with E-state index < -0.39 is 10.2 Å². The highest BCUT2D eigenvalue weighted by Gasteiger charge is 2.25. The molecule has 0 atom stereocenters. The van der Waals surface area contributed by atoms with Crippen molar-refractivity contribution >= 4 is 10.2 Å². The average Bonchev–Trinajstić information content (AvgIpc) is 2.34. The zero-order valence-corrected chi connectivity index (χ0v) is 12.4. The van der Waals surface area contributed by atoms with Gasteiger partial charge < -0.3 is 10.1 Å². The summed E-state index contributed by atoms with van der Waals surface area (Å²) in [6.07, 6.45) is 2.35. The summed E-state index contributed by atoms with van der Waals surface area (Å²) in [5.41, 5.74) is 0. The van der Waals surface area contributed by atoms with Crippen molar-refractivity contribution in [2.75, 3.05) is 54.0 Å². The Bertz CT molecular complexity index is 319. The monoisotopic (exact) mass is 279 g/mol. The summed E-state index contributed by atoms with van der Waals surface area (Å²) < 4.78 is 32.1. The molecule has 0 rings (SSSR count). The minimum Gasteiger partial charge on any atom is -0.383 e. The molecule has 0 aliphatic heterocycles. The molecule has 0 spiro atoms. The van der Waals surface area contributed by atoms with E-state index in [1.54, 1.807) is 20.2 Å². The maximum Gasteiger partial charge on any atom is 0.282 e. The van der Waals surface area contributed by atoms with Crippen LogP contribution in [-0.4, -0.2) is 71.0 Å². The summed E-state index contributed by atoms with van der Waals surface area (Å²) in [5, 5.41) is 2.99. The third kappa shape index (κ3) is 5.92. The number of methoxy groups -OCH3 is 1. The predicted octanol–water partition coefficient (Wildman–Crippen LogP) is -0.0931. The van der Waals surface area contributed by atoms with Gasteiger partial charge in [0.2, 0.25) is 0 Å². The Morgan fingerprint density at radius 3 is 2.56 bits per heavy atom. The molecule has 0 saturated carbocycles. The molecule has 0 unspecified atom stereocenters. The van der Waals surface area contributed by atoms with Crippen LogP contribution in [0.25, 0.3) is 0 Å². The van der Waals surface area contributed by atoms with Crippen molar-refractivity contribution in [3.05, 3.63) is 12.7 Å². The second-order valence-electron chi connectivity index (χ2n) is 3.93. The third-order valence-corrected chi connectivity index (χ3v) is 4.45. The molecule has 0 radical (unpaired) electrons. The Kier molecular flexibility index (Phi) is 9.21. The lowest BCUT2D eigenvalue weighted by molar-refractivity contribution is 0.179. The summed E-state index contributed by atoms with van der Waals surface area (Å²) in [4.78, 5) is 0. The summed E-state index contributed by atoms with van der Waals surface area (Å²) in [7, 11) is 1.56. The molecule has 18 heavy (non-hydrogen) atoms. The molecule has 0 saturated heterocycles. The summed E-state index contributed by atoms with van der Waals surface area (Å²) in [6.45, 7) is 5.86. The first-order valence-corrected chi connectivity index (χ1v) is 7.36. The van der Waals surface area contributed by atoms with Crippen LogP contribution in [-0.2, 0) is 14.9 Å². The van der Waals surface area contributed by atoms with Gasteiger partial charge in [0.05, 0.1) is 6.61 Å². The fourth-order valence-electron chi connectivity index (χ4n) is 1.43. The number of rotatable bonds is 11. The molecule has 7 heteroatoms. The van der Waals surface area contributed by atoms with E-state index in [1.807, 2.05) is 7.05 Å². The molecule has 0 amide bonds. The minimum absolute atomic E-state index is 0.294. The molecule has 6 nitrogen and oxygen atoms in total. The lowest BCUT2D eigenvalue weighted by Gasteiger charge is -2.26. The summed E-state index contributed by atoms with van der Waals surface area (Å²) in [6, 6.07) is 0. The highest BCUT2D eigenvalue weighted by atomic mass is 32.2. The van der Waals surface area contributed by atoms with Gasteiger partial charge in [-0.1, -0.05) is 6.08 Å². The average molecular weight is 279 g/mol. The second kappa shape index (κ2) is 9.46. The van der Waals surface area contributed by atoms with Crippen molar-refractivity contribution in [2.45, 2.75) is 6.42 Å². The molecule has 0 aliphatic rings. The van der Waals surface area contributed by atoms with Crippen molar-refractivity contribution in [1.29, 1.82) is 0 Å². The van der Waals surface area contributed by atoms with Gasteiger partial charge in [-0.05, 0) is 20.0 Å². The van der Waals surface area contributed by atoms with Gasteiger partial charge in [-0.2, -0.15) is 17.0 Å². The molecule has 0 aromatic rings. The summed E-state index contributed by atoms with van der Waals surface area (Å²) >= 11 is 0. The van der Waals surface area contributed by atoms with E-state index in [-0.39, 0.29) is 0 Å². The first kappa shape index (κ1) is 17.5. The van der Waals surface area contributed by atoms with Crippen LogP contribution in [0.1, 0.15) is 6.42 Å². The van der Waals surface area contributed by atoms with Crippen LogP contribution in [0, 0.1) is 0 Å². The second-order valence-corrected chi connectivity index (χ2v) is 5.96. The molecule has 0 heterocycles. The van der Waals surface area contributed by atoms with Crippen LogP contribution < -0.4 is 5.32 Å². The molecule has 0 bridgehead atoms. The molecule has 0 aliphatic carbocycles. The van der Waals surface area contributed by atoms with E-state index in [9.17, 15) is 8.42 Å². The Morgan fingerprint density at radius 2 is 2.06 bits per heavy atom. The number of ether oxygens (including phenoxy) is 1. The van der Waals surface area contributed by atoms with Gasteiger partial charge in [-0.15, -0.1) is 6.58 Å². The minimum atomic E-state index is -3.43. The van der Waals surface area contributed by atoms with Crippen molar-refractivity contribution < 1.29 is 13.2 Å². The van der Waals surface area contributed by atoms with E-state index in [0.717, 1.165) is 13.0 Å². The third-order valence-electron chi connectivity index (χ3n) is 2.50. The highest BCUT2D eigenvalue weighted by molar-refractivity contribution is 7.86. The zero-order valence-electron chi connectivity index (χ0n) is 11.6. The Morgan fingerprint density at radius 1 is 1.39 bits per heavy atom. The van der Waals surface area contributed by atoms with E-state index in [1.165, 1.54) is 8.61 Å². The normalized spacial score (nSPS) is 12.3. The fourth-order valence-corrected chi connectivity index (χ4v) is 2.78.